The number of unbranched alkanes of at least 4 members (excludes halogenated alkanes) is 1. The van der Waals surface area contributed by atoms with Gasteiger partial charge in [0.1, 0.15) is 0 Å². The Morgan fingerprint density at radius 1 is 1.30 bits per heavy atom. The summed E-state index contributed by atoms with van der Waals surface area (Å²) in [5.74, 6) is 5.20. The molecule has 4 N–H and O–H groups in total. The van der Waals surface area contributed by atoms with Crippen LogP contribution in [-0.2, 0) is 19.4 Å². The predicted octanol–water partition coefficient (Wildman–Crippen LogP) is 1.70. The molecule has 180 valence electrons. The fourth-order valence-electron chi connectivity index (χ4n) is 3.40. The van der Waals surface area contributed by atoms with Crippen molar-refractivity contribution in [2.24, 2.45) is 5.73 Å². The summed E-state index contributed by atoms with van der Waals surface area (Å²) in [4.78, 5) is 24.5. The smallest absolute Gasteiger partial charge is 0.404 e. The molecule has 1 aliphatic rings. The highest BCUT2D eigenvalue weighted by Crippen LogP contribution is 2.25. The van der Waals surface area contributed by atoms with Gasteiger partial charge in [0.05, 0.1) is 6.61 Å². The van der Waals surface area contributed by atoms with E-state index in [-0.39, 0.29) is 13.0 Å². The lowest BCUT2D eigenvalue weighted by molar-refractivity contribution is -0.131. The zero-order chi connectivity index (χ0) is 24.5. The van der Waals surface area contributed by atoms with E-state index in [4.69, 9.17) is 10.9 Å². The third-order valence-corrected chi connectivity index (χ3v) is 7.80. The van der Waals surface area contributed by atoms with Crippen LogP contribution in [-0.4, -0.2) is 67.8 Å². The Bertz CT molecular complexity index is 1040. The zero-order valence-electron chi connectivity index (χ0n) is 19.0. The molecule has 2 amide bonds. The number of benzene rings is 1. The van der Waals surface area contributed by atoms with Gasteiger partial charge in [-0.15, -0.1) is 0 Å². The second kappa shape index (κ2) is 11.8. The molecule has 1 unspecified atom stereocenters. The maximum absolute atomic E-state index is 12.1. The molecule has 1 heterocycles. The van der Waals surface area contributed by atoms with Gasteiger partial charge in [-0.2, -0.15) is 0 Å². The minimum atomic E-state index is -3.70. The van der Waals surface area contributed by atoms with Gasteiger partial charge in [0.15, 0.2) is 14.6 Å². The molecule has 0 aliphatic carbocycles. The monoisotopic (exact) mass is 477 g/mol. The molecule has 0 fully saturated rings. The first-order chi connectivity index (χ1) is 15.6. The van der Waals surface area contributed by atoms with Crippen LogP contribution in [0.4, 0.5) is 4.79 Å². The molecular formula is C23H31N3O6S. The first-order valence-electron chi connectivity index (χ1n) is 10.6. The topological polar surface area (TPSA) is 139 Å². The number of nitrogens with two attached hydrogens (primary N) is 1. The van der Waals surface area contributed by atoms with Crippen molar-refractivity contribution in [1.82, 2.24) is 10.4 Å². The van der Waals surface area contributed by atoms with Crippen LogP contribution in [0.5, 0.6) is 0 Å². The van der Waals surface area contributed by atoms with E-state index in [1.165, 1.54) is 18.0 Å². The van der Waals surface area contributed by atoms with Crippen molar-refractivity contribution in [1.29, 1.82) is 0 Å². The van der Waals surface area contributed by atoms with Crippen LogP contribution in [0.1, 0.15) is 43.7 Å². The number of nitrogens with one attached hydrogen (secondary N) is 1. The van der Waals surface area contributed by atoms with Crippen LogP contribution in [0.25, 0.3) is 5.57 Å². The van der Waals surface area contributed by atoms with Crippen molar-refractivity contribution >= 4 is 27.4 Å². The average molecular weight is 478 g/mol. The number of primary amides is 1. The van der Waals surface area contributed by atoms with Gasteiger partial charge in [-0.1, -0.05) is 30.0 Å². The summed E-state index contributed by atoms with van der Waals surface area (Å²) >= 11 is 0. The molecule has 1 aromatic rings. The van der Waals surface area contributed by atoms with E-state index in [9.17, 15) is 18.0 Å². The average Bonchev–Trinajstić information content (AvgIpc) is 2.79. The van der Waals surface area contributed by atoms with Crippen molar-refractivity contribution in [2.75, 3.05) is 32.5 Å². The number of hydrogen-bond acceptors (Lipinski definition) is 7. The molecule has 0 saturated carbocycles. The maximum Gasteiger partial charge on any atom is 0.404 e. The zero-order valence-corrected chi connectivity index (χ0v) is 19.8. The largest absolute Gasteiger partial charge is 0.450 e. The summed E-state index contributed by atoms with van der Waals surface area (Å²) in [6.07, 6.45) is 4.45. The summed E-state index contributed by atoms with van der Waals surface area (Å²) in [5, 5.41) is 8.94. The number of carbonyl (C=O) groups excluding carboxylic acids is 2. The highest BCUT2D eigenvalue weighted by atomic mass is 32.2. The lowest BCUT2D eigenvalue weighted by atomic mass is 9.98. The predicted molar refractivity (Wildman–Crippen MR) is 125 cm³/mol. The number of nitrogens with zero attached hydrogens (tertiary/aromatic N) is 1. The molecule has 0 radical (unpaired) electrons. The number of amides is 2. The fraction of sp³-hybridized carbons (Fsp3) is 0.478. The number of carbonyl (C=O) groups is 2. The lowest BCUT2D eigenvalue weighted by Gasteiger charge is -2.31. The second-order valence-corrected chi connectivity index (χ2v) is 10.6. The van der Waals surface area contributed by atoms with Crippen molar-refractivity contribution in [3.8, 4) is 11.8 Å². The SMILES string of the molecule is CC(CCN1CC=C(c2ccc(C#CCCCOC(N)=O)cc2)CC1)(C(=O)NO)S(C)(=O)=O. The fourth-order valence-corrected chi connectivity index (χ4v) is 4.24. The van der Waals surface area contributed by atoms with E-state index in [0.29, 0.717) is 25.9 Å². The number of rotatable bonds is 9. The van der Waals surface area contributed by atoms with Gasteiger partial charge < -0.3 is 10.5 Å². The molecule has 1 aliphatic heterocycles. The molecule has 0 saturated heterocycles. The van der Waals surface area contributed by atoms with Crippen molar-refractivity contribution in [2.45, 2.75) is 37.4 Å². The van der Waals surface area contributed by atoms with E-state index in [0.717, 1.165) is 30.3 Å². The van der Waals surface area contributed by atoms with Crippen molar-refractivity contribution in [3.63, 3.8) is 0 Å². The number of hydroxylamine groups is 1. The van der Waals surface area contributed by atoms with Crippen LogP contribution >= 0.6 is 0 Å². The minimum Gasteiger partial charge on any atom is -0.450 e. The third kappa shape index (κ3) is 7.60. The Kier molecular flexibility index (Phi) is 9.46. The van der Waals surface area contributed by atoms with Crippen LogP contribution < -0.4 is 11.2 Å². The Morgan fingerprint density at radius 3 is 2.55 bits per heavy atom. The van der Waals surface area contributed by atoms with Gasteiger partial charge in [0.25, 0.3) is 5.91 Å². The summed E-state index contributed by atoms with van der Waals surface area (Å²) in [6, 6.07) is 7.96. The Labute approximate surface area is 194 Å². The molecular weight excluding hydrogens is 446 g/mol. The van der Waals surface area contributed by atoms with Gasteiger partial charge in [-0.05, 0) is 49.5 Å². The summed E-state index contributed by atoms with van der Waals surface area (Å²) in [7, 11) is -3.70. The Hall–Kier alpha value is -2.87. The van der Waals surface area contributed by atoms with E-state index >= 15 is 0 Å². The third-order valence-electron chi connectivity index (χ3n) is 5.78. The molecule has 0 spiro atoms. The maximum atomic E-state index is 12.1. The second-order valence-electron chi connectivity index (χ2n) is 8.12. The van der Waals surface area contributed by atoms with Crippen molar-refractivity contribution < 1.29 is 28.0 Å². The number of sulfone groups is 1. The summed E-state index contributed by atoms with van der Waals surface area (Å²) < 4.78 is 27.2. The van der Waals surface area contributed by atoms with Crippen LogP contribution in [0.2, 0.25) is 0 Å². The van der Waals surface area contributed by atoms with Gasteiger partial charge >= 0.3 is 6.09 Å². The van der Waals surface area contributed by atoms with Gasteiger partial charge in [0.2, 0.25) is 0 Å². The first-order valence-corrected chi connectivity index (χ1v) is 12.5. The molecule has 1 atom stereocenters. The van der Waals surface area contributed by atoms with Gasteiger partial charge in [-0.3, -0.25) is 14.9 Å². The van der Waals surface area contributed by atoms with E-state index < -0.39 is 26.6 Å². The number of hydrogen-bond donors (Lipinski definition) is 3. The van der Waals surface area contributed by atoms with E-state index in [2.05, 4.69) is 27.6 Å². The van der Waals surface area contributed by atoms with Gasteiger partial charge in [-0.25, -0.2) is 18.7 Å². The molecule has 2 rings (SSSR count). The molecule has 9 nitrogen and oxygen atoms in total. The van der Waals surface area contributed by atoms with Crippen LogP contribution in [0.15, 0.2) is 30.3 Å². The molecule has 0 bridgehead atoms. The molecule has 1 aromatic carbocycles. The van der Waals surface area contributed by atoms with Crippen LogP contribution in [0.3, 0.4) is 0 Å². The lowest BCUT2D eigenvalue weighted by Crippen LogP contribution is -2.51. The molecule has 33 heavy (non-hydrogen) atoms. The minimum absolute atomic E-state index is 0.0867. The Balaban J connectivity index is 1.89. The van der Waals surface area contributed by atoms with Crippen molar-refractivity contribution in [3.05, 3.63) is 41.5 Å². The molecule has 0 aromatic heterocycles. The number of ether oxygens (including phenoxy) is 1. The van der Waals surface area contributed by atoms with E-state index in [1.807, 2.05) is 24.3 Å². The van der Waals surface area contributed by atoms with Gasteiger partial charge in [0, 0.05) is 37.9 Å². The first kappa shape index (κ1) is 26.4. The molecule has 10 heteroatoms. The Morgan fingerprint density at radius 2 is 2.00 bits per heavy atom. The highest BCUT2D eigenvalue weighted by molar-refractivity contribution is 7.92. The van der Waals surface area contributed by atoms with E-state index in [1.54, 1.807) is 0 Å². The quantitative estimate of drug-likeness (QED) is 0.213. The van der Waals surface area contributed by atoms with Crippen LogP contribution in [0, 0.1) is 11.8 Å². The standard InChI is InChI=1S/C23H31N3O6S/c1-23(21(27)25-29,33(2,30)31)13-16-26-14-11-20(12-15-26)19-9-7-18(8-10-19)6-4-3-5-17-32-22(24)28/h7-11,29H,3,5,12-17H2,1-2H3,(H2,24,28)(H,25,27). The summed E-state index contributed by atoms with van der Waals surface area (Å²) in [6.45, 7) is 3.39. The normalized spacial score (nSPS) is 16.0. The summed E-state index contributed by atoms with van der Waals surface area (Å²) in [5.41, 5.74) is 9.58. The highest BCUT2D eigenvalue weighted by Gasteiger charge is 2.43.